The Labute approximate surface area is 123 Å². The van der Waals surface area contributed by atoms with E-state index in [-0.39, 0.29) is 0 Å². The summed E-state index contributed by atoms with van der Waals surface area (Å²) in [6.45, 7) is 8.53. The Hall–Kier alpha value is -0.840. The van der Waals surface area contributed by atoms with Crippen molar-refractivity contribution in [2.75, 3.05) is 13.1 Å². The quantitative estimate of drug-likeness (QED) is 0.870. The highest BCUT2D eigenvalue weighted by molar-refractivity contribution is 7.15. The standard InChI is InChI=1S/C14H20ClN3S/c1-4-11(9-16-8-10(2)3)7-12-13(15)17-14-18(12)5-6-19-14/h5-7,10,16H,4,8-9H2,1-3H3. The topological polar surface area (TPSA) is 29.3 Å². The predicted octanol–water partition coefficient (Wildman–Crippen LogP) is 4.09. The van der Waals surface area contributed by atoms with Gasteiger partial charge in [0, 0.05) is 18.1 Å². The number of nitrogens with zero attached hydrogens (tertiary/aromatic N) is 2. The van der Waals surface area contributed by atoms with Gasteiger partial charge in [0.2, 0.25) is 0 Å². The molecule has 0 saturated heterocycles. The maximum atomic E-state index is 6.20. The Morgan fingerprint density at radius 3 is 3.05 bits per heavy atom. The van der Waals surface area contributed by atoms with Crippen molar-refractivity contribution in [2.24, 2.45) is 5.92 Å². The van der Waals surface area contributed by atoms with Gasteiger partial charge in [0.1, 0.15) is 0 Å². The molecule has 0 atom stereocenters. The van der Waals surface area contributed by atoms with Gasteiger partial charge in [0.25, 0.3) is 0 Å². The predicted molar refractivity (Wildman–Crippen MR) is 84.1 cm³/mol. The summed E-state index contributed by atoms with van der Waals surface area (Å²) >= 11 is 7.81. The number of fused-ring (bicyclic) bond motifs is 1. The van der Waals surface area contributed by atoms with Gasteiger partial charge in [-0.3, -0.25) is 4.40 Å². The normalized spacial score (nSPS) is 12.8. The molecule has 1 N–H and O–H groups in total. The van der Waals surface area contributed by atoms with E-state index in [1.54, 1.807) is 11.3 Å². The van der Waals surface area contributed by atoms with Crippen molar-refractivity contribution in [3.63, 3.8) is 0 Å². The van der Waals surface area contributed by atoms with Crippen molar-refractivity contribution in [3.05, 3.63) is 28.0 Å². The minimum Gasteiger partial charge on any atom is -0.313 e. The highest BCUT2D eigenvalue weighted by atomic mass is 35.5. The lowest BCUT2D eigenvalue weighted by molar-refractivity contribution is 0.569. The second-order valence-electron chi connectivity index (χ2n) is 5.02. The molecule has 2 rings (SSSR count). The molecule has 0 unspecified atom stereocenters. The molecule has 0 fully saturated rings. The van der Waals surface area contributed by atoms with Gasteiger partial charge in [-0.2, -0.15) is 0 Å². The summed E-state index contributed by atoms with van der Waals surface area (Å²) < 4.78 is 2.05. The molecule has 0 saturated carbocycles. The van der Waals surface area contributed by atoms with Crippen molar-refractivity contribution in [2.45, 2.75) is 27.2 Å². The highest BCUT2D eigenvalue weighted by Crippen LogP contribution is 2.23. The van der Waals surface area contributed by atoms with E-state index in [1.807, 2.05) is 16.0 Å². The van der Waals surface area contributed by atoms with Crippen molar-refractivity contribution in [1.29, 1.82) is 0 Å². The van der Waals surface area contributed by atoms with E-state index in [2.05, 4.69) is 37.1 Å². The van der Waals surface area contributed by atoms with Gasteiger partial charge in [0.15, 0.2) is 10.1 Å². The fraction of sp³-hybridized carbons (Fsp3) is 0.500. The molecule has 0 aromatic carbocycles. The third-order valence-electron chi connectivity index (χ3n) is 2.95. The lowest BCUT2D eigenvalue weighted by atomic mass is 10.1. The average Bonchev–Trinajstić information content (AvgIpc) is 2.90. The summed E-state index contributed by atoms with van der Waals surface area (Å²) in [5.41, 5.74) is 2.33. The van der Waals surface area contributed by atoms with Crippen LogP contribution in [0.25, 0.3) is 11.0 Å². The van der Waals surface area contributed by atoms with E-state index in [0.29, 0.717) is 11.1 Å². The number of nitrogens with one attached hydrogen (secondary N) is 1. The molecular weight excluding hydrogens is 278 g/mol. The lowest BCUT2D eigenvalue weighted by Crippen LogP contribution is -2.21. The zero-order chi connectivity index (χ0) is 13.8. The number of hydrogen-bond acceptors (Lipinski definition) is 3. The number of imidazole rings is 1. The minimum atomic E-state index is 0.585. The maximum absolute atomic E-state index is 6.20. The van der Waals surface area contributed by atoms with Crippen molar-refractivity contribution < 1.29 is 0 Å². The van der Waals surface area contributed by atoms with Crippen LogP contribution >= 0.6 is 22.9 Å². The molecule has 2 aromatic heterocycles. The Morgan fingerprint density at radius 1 is 1.58 bits per heavy atom. The van der Waals surface area contributed by atoms with Crippen LogP contribution in [0.2, 0.25) is 5.15 Å². The molecule has 0 bridgehead atoms. The number of hydrogen-bond donors (Lipinski definition) is 1. The van der Waals surface area contributed by atoms with E-state index < -0.39 is 0 Å². The summed E-state index contributed by atoms with van der Waals surface area (Å²) in [5, 5.41) is 6.08. The second-order valence-corrected chi connectivity index (χ2v) is 6.26. The first-order valence-electron chi connectivity index (χ1n) is 6.63. The van der Waals surface area contributed by atoms with Crippen LogP contribution in [0.3, 0.4) is 0 Å². The lowest BCUT2D eigenvalue weighted by Gasteiger charge is -2.09. The Balaban J connectivity index is 2.17. The molecular formula is C14H20ClN3S. The molecule has 104 valence electrons. The Morgan fingerprint density at radius 2 is 2.37 bits per heavy atom. The van der Waals surface area contributed by atoms with E-state index >= 15 is 0 Å². The first-order valence-corrected chi connectivity index (χ1v) is 7.88. The van der Waals surface area contributed by atoms with Crippen molar-refractivity contribution in [1.82, 2.24) is 14.7 Å². The average molecular weight is 298 g/mol. The molecule has 0 aliphatic heterocycles. The smallest absolute Gasteiger partial charge is 0.195 e. The van der Waals surface area contributed by atoms with Crippen LogP contribution in [0.15, 0.2) is 17.2 Å². The van der Waals surface area contributed by atoms with Crippen molar-refractivity contribution in [3.8, 4) is 0 Å². The third kappa shape index (κ3) is 3.59. The number of aromatic nitrogens is 2. The number of halogens is 1. The molecule has 0 amide bonds. The summed E-state index contributed by atoms with van der Waals surface area (Å²) in [5.74, 6) is 0.667. The van der Waals surface area contributed by atoms with Crippen LogP contribution in [-0.2, 0) is 0 Å². The monoisotopic (exact) mass is 297 g/mol. The second kappa shape index (κ2) is 6.55. The van der Waals surface area contributed by atoms with Gasteiger partial charge >= 0.3 is 0 Å². The Bertz CT molecular complexity index is 568. The third-order valence-corrected chi connectivity index (χ3v) is 3.99. The molecule has 3 nitrogen and oxygen atoms in total. The van der Waals surface area contributed by atoms with Gasteiger partial charge in [-0.25, -0.2) is 4.98 Å². The van der Waals surface area contributed by atoms with E-state index in [9.17, 15) is 0 Å². The molecule has 2 heterocycles. The molecule has 0 aliphatic carbocycles. The largest absolute Gasteiger partial charge is 0.313 e. The summed E-state index contributed by atoms with van der Waals surface area (Å²) in [6, 6.07) is 0. The molecule has 0 spiro atoms. The first kappa shape index (κ1) is 14.6. The van der Waals surface area contributed by atoms with E-state index in [0.717, 1.165) is 30.2 Å². The highest BCUT2D eigenvalue weighted by Gasteiger charge is 2.09. The molecule has 0 radical (unpaired) electrons. The van der Waals surface area contributed by atoms with Crippen LogP contribution in [-0.4, -0.2) is 22.5 Å². The van der Waals surface area contributed by atoms with Crippen LogP contribution in [0, 0.1) is 5.92 Å². The van der Waals surface area contributed by atoms with Gasteiger partial charge in [-0.1, -0.05) is 37.9 Å². The molecule has 5 heteroatoms. The minimum absolute atomic E-state index is 0.585. The summed E-state index contributed by atoms with van der Waals surface area (Å²) in [7, 11) is 0. The molecule has 0 aliphatic rings. The zero-order valence-corrected chi connectivity index (χ0v) is 13.2. The number of thiazole rings is 1. The van der Waals surface area contributed by atoms with Gasteiger partial charge in [0.05, 0.1) is 5.69 Å². The zero-order valence-electron chi connectivity index (χ0n) is 11.6. The fourth-order valence-corrected chi connectivity index (χ4v) is 2.90. The number of rotatable bonds is 6. The van der Waals surface area contributed by atoms with Gasteiger partial charge in [-0.15, -0.1) is 11.3 Å². The molecule has 2 aromatic rings. The SMILES string of the molecule is CCC(=Cc1c(Cl)nc2sccn12)CNCC(C)C. The van der Waals surface area contributed by atoms with E-state index in [1.165, 1.54) is 5.57 Å². The first-order chi connectivity index (χ1) is 9.11. The van der Waals surface area contributed by atoms with E-state index in [4.69, 9.17) is 11.6 Å². The van der Waals surface area contributed by atoms with Crippen LogP contribution < -0.4 is 5.32 Å². The van der Waals surface area contributed by atoms with Crippen LogP contribution in [0.1, 0.15) is 32.9 Å². The fourth-order valence-electron chi connectivity index (χ4n) is 1.90. The molecule has 19 heavy (non-hydrogen) atoms. The van der Waals surface area contributed by atoms with Gasteiger partial charge in [-0.05, 0) is 25.0 Å². The van der Waals surface area contributed by atoms with Crippen LogP contribution in [0.5, 0.6) is 0 Å². The summed E-state index contributed by atoms with van der Waals surface area (Å²) in [4.78, 5) is 5.30. The van der Waals surface area contributed by atoms with Crippen molar-refractivity contribution >= 4 is 34.0 Å². The summed E-state index contributed by atoms with van der Waals surface area (Å²) in [6.07, 6.45) is 5.18. The van der Waals surface area contributed by atoms with Crippen LogP contribution in [0.4, 0.5) is 0 Å². The maximum Gasteiger partial charge on any atom is 0.195 e. The van der Waals surface area contributed by atoms with Gasteiger partial charge < -0.3 is 5.32 Å². The Kier molecular flexibility index (Phi) is 5.02.